The number of hydrogen-bond donors (Lipinski definition) is 0. The van der Waals surface area contributed by atoms with Crippen LogP contribution >= 0.6 is 0 Å². The molecule has 0 bridgehead atoms. The lowest BCUT2D eigenvalue weighted by Gasteiger charge is -2.46. The van der Waals surface area contributed by atoms with E-state index in [2.05, 4.69) is 406 Å². The minimum atomic E-state index is -0.307. The summed E-state index contributed by atoms with van der Waals surface area (Å²) in [6.45, 7) is 13.8. The molecule has 5 heteroatoms. The Morgan fingerprint density at radius 2 is 0.636 bits per heavy atom. The Kier molecular flexibility index (Phi) is 13.9. The summed E-state index contributed by atoms with van der Waals surface area (Å²) in [5.74, 6) is 0. The molecule has 0 aliphatic carbocycles. The molecular formula is C102H75BN4. The smallest absolute Gasteiger partial charge is 0.252 e. The molecule has 0 fully saturated rings. The van der Waals surface area contributed by atoms with Crippen molar-refractivity contribution >= 4 is 133 Å². The molecule has 506 valence electrons. The minimum Gasteiger partial charge on any atom is -0.310 e. The zero-order valence-electron chi connectivity index (χ0n) is 60.8. The van der Waals surface area contributed by atoms with Crippen molar-refractivity contribution in [3.63, 3.8) is 0 Å². The van der Waals surface area contributed by atoms with Crippen LogP contribution in [0.5, 0.6) is 0 Å². The average Bonchev–Trinajstić information content (AvgIpc) is 0.965. The number of rotatable bonds is 9. The fourth-order valence-electron chi connectivity index (χ4n) is 18.3. The summed E-state index contributed by atoms with van der Waals surface area (Å²) < 4.78 is 5.05. The van der Waals surface area contributed by atoms with Crippen LogP contribution < -0.4 is 26.2 Å². The molecule has 0 unspecified atom stereocenters. The van der Waals surface area contributed by atoms with Gasteiger partial charge in [0.05, 0.1) is 39.1 Å². The molecular weight excluding hydrogens is 1290 g/mol. The van der Waals surface area contributed by atoms with Crippen LogP contribution in [0.2, 0.25) is 0 Å². The van der Waals surface area contributed by atoms with Gasteiger partial charge in [-0.3, -0.25) is 0 Å². The van der Waals surface area contributed by atoms with E-state index in [1.165, 1.54) is 92.5 Å². The van der Waals surface area contributed by atoms with Crippen LogP contribution in [0.25, 0.3) is 143 Å². The molecule has 0 amide bonds. The Hall–Kier alpha value is -13.0. The summed E-state index contributed by atoms with van der Waals surface area (Å²) >= 11 is 0. The van der Waals surface area contributed by atoms with Crippen molar-refractivity contribution in [3.05, 3.63) is 357 Å². The largest absolute Gasteiger partial charge is 0.310 e. The third-order valence-corrected chi connectivity index (χ3v) is 23.3. The number of fused-ring (bicyclic) bond motifs is 10. The van der Waals surface area contributed by atoms with Gasteiger partial charge in [0.1, 0.15) is 0 Å². The van der Waals surface area contributed by atoms with E-state index in [0.717, 1.165) is 112 Å². The van der Waals surface area contributed by atoms with E-state index in [-0.39, 0.29) is 17.5 Å². The van der Waals surface area contributed by atoms with Gasteiger partial charge in [-0.25, -0.2) is 0 Å². The Bertz CT molecular complexity index is 6610. The van der Waals surface area contributed by atoms with Crippen LogP contribution in [0.4, 0.5) is 34.1 Å². The topological polar surface area (TPSA) is 16.3 Å². The molecule has 2 aliphatic heterocycles. The first-order valence-electron chi connectivity index (χ1n) is 37.7. The first-order chi connectivity index (χ1) is 52.4. The van der Waals surface area contributed by atoms with Crippen molar-refractivity contribution < 1.29 is 0 Å². The maximum Gasteiger partial charge on any atom is 0.252 e. The van der Waals surface area contributed by atoms with E-state index in [9.17, 15) is 0 Å². The lowest BCUT2D eigenvalue weighted by molar-refractivity contribution is 0.591. The Labute approximate surface area is 624 Å². The Morgan fingerprint density at radius 3 is 1.09 bits per heavy atom. The molecule has 2 aromatic heterocycles. The molecule has 0 radical (unpaired) electrons. The quantitative estimate of drug-likeness (QED) is 0.106. The molecule has 21 rings (SSSR count). The average molecular weight is 1370 g/mol. The van der Waals surface area contributed by atoms with E-state index in [4.69, 9.17) is 0 Å². The Morgan fingerprint density at radius 1 is 0.243 bits per heavy atom. The van der Waals surface area contributed by atoms with Gasteiger partial charge in [-0.15, -0.1) is 0 Å². The van der Waals surface area contributed by atoms with Crippen LogP contribution in [0.1, 0.15) is 52.7 Å². The van der Waals surface area contributed by atoms with Gasteiger partial charge in [0, 0.05) is 72.2 Å². The highest BCUT2D eigenvalue weighted by molar-refractivity contribution is 7.00. The van der Waals surface area contributed by atoms with Crippen molar-refractivity contribution in [2.75, 3.05) is 9.80 Å². The predicted molar refractivity (Wildman–Crippen MR) is 457 cm³/mol. The predicted octanol–water partition coefficient (Wildman–Crippen LogP) is 25.8. The summed E-state index contributed by atoms with van der Waals surface area (Å²) in [5, 5.41) is 12.6. The molecule has 107 heavy (non-hydrogen) atoms. The van der Waals surface area contributed by atoms with Crippen LogP contribution in [0.3, 0.4) is 0 Å². The lowest BCUT2D eigenvalue weighted by atomic mass is 9.33. The summed E-state index contributed by atoms with van der Waals surface area (Å²) in [4.78, 5) is 5.41. The second kappa shape index (κ2) is 23.8. The number of aromatic nitrogens is 2. The zero-order chi connectivity index (χ0) is 71.6. The molecule has 2 aliphatic rings. The maximum atomic E-state index is 2.71. The van der Waals surface area contributed by atoms with Crippen molar-refractivity contribution in [3.8, 4) is 67.0 Å². The normalized spacial score (nSPS) is 12.9. The number of para-hydroxylation sites is 6. The third kappa shape index (κ3) is 9.70. The van der Waals surface area contributed by atoms with Crippen LogP contribution in [0, 0.1) is 0 Å². The molecule has 4 heterocycles. The van der Waals surface area contributed by atoms with Gasteiger partial charge in [-0.1, -0.05) is 321 Å². The number of anilines is 6. The van der Waals surface area contributed by atoms with Gasteiger partial charge >= 0.3 is 0 Å². The number of nitrogens with zero attached hydrogens (tertiary/aromatic N) is 4. The van der Waals surface area contributed by atoms with Crippen molar-refractivity contribution in [1.29, 1.82) is 0 Å². The van der Waals surface area contributed by atoms with Crippen molar-refractivity contribution in [2.24, 2.45) is 0 Å². The van der Waals surface area contributed by atoms with Crippen LogP contribution in [0.15, 0.2) is 346 Å². The summed E-state index contributed by atoms with van der Waals surface area (Å²) in [5.41, 5.74) is 31.0. The molecule has 0 N–H and O–H groups in total. The molecule has 0 atom stereocenters. The van der Waals surface area contributed by atoms with Crippen LogP contribution in [-0.2, 0) is 10.8 Å². The SMILES string of the molecule is CC(C)(C)c1cc2ccc3cc(C(C)(C)C)cc4c(-c5ccc6c(c5)B5c7ccc(-n8c9ccccc9c9ccccc98)cc7N(c7c(-c8ccccc8)cccc7-c7ccccc7)c7cc(-n8c9ccccc9c9ccccc98)cc(c75)N6c5c(-c6ccccc6)cccc5-c5ccccc5)cc(c1)c2c34. The first-order valence-corrected chi connectivity index (χ1v) is 37.7. The van der Waals surface area contributed by atoms with E-state index >= 15 is 0 Å². The van der Waals surface area contributed by atoms with Gasteiger partial charge in [-0.05, 0) is 171 Å². The number of hydrogen-bond acceptors (Lipinski definition) is 2. The Balaban J connectivity index is 0.962. The van der Waals surface area contributed by atoms with E-state index in [1.807, 2.05) is 0 Å². The second-order valence-electron chi connectivity index (χ2n) is 31.5. The minimum absolute atomic E-state index is 0.0758. The fourth-order valence-corrected chi connectivity index (χ4v) is 18.3. The van der Waals surface area contributed by atoms with Gasteiger partial charge in [0.25, 0.3) is 6.71 Å². The number of benzene rings is 17. The molecule has 19 aromatic rings. The van der Waals surface area contributed by atoms with Gasteiger partial charge in [0.2, 0.25) is 0 Å². The third-order valence-electron chi connectivity index (χ3n) is 23.3. The molecule has 0 saturated heterocycles. The highest BCUT2D eigenvalue weighted by Gasteiger charge is 2.46. The standard InChI is InChI=1S/C102H75BN4/c1-101(2,3)72-55-69-49-50-70-56-73(102(4,5)6)60-85-84(58-71(57-72)96(69)97(70)85)68-51-54-92-87(59-68)103-86-53-52-74(104-88-45-23-19-37-80(88)81-38-20-24-46-89(81)104)61-93(86)107(100-78(66-33-15-9-16-34-66)43-28-44-79(100)67-35-17-10-18-36-67)95-63-75(105-90-47-25-21-39-82(90)83-40-22-26-48-91(83)105)62-94(98(95)103)106(92)99-76(64-29-11-7-12-30-64)41-27-42-77(99)65-31-13-8-14-32-65/h7-63H,1-6H3. The summed E-state index contributed by atoms with van der Waals surface area (Å²) in [6, 6.07) is 132. The van der Waals surface area contributed by atoms with Gasteiger partial charge < -0.3 is 18.9 Å². The van der Waals surface area contributed by atoms with Crippen LogP contribution in [-0.4, -0.2) is 15.8 Å². The van der Waals surface area contributed by atoms with E-state index in [1.54, 1.807) is 0 Å². The molecule has 4 nitrogen and oxygen atoms in total. The van der Waals surface area contributed by atoms with Crippen molar-refractivity contribution in [1.82, 2.24) is 9.13 Å². The molecule has 0 spiro atoms. The zero-order valence-corrected chi connectivity index (χ0v) is 60.8. The highest BCUT2D eigenvalue weighted by Crippen LogP contribution is 2.55. The molecule has 17 aromatic carbocycles. The molecule has 0 saturated carbocycles. The highest BCUT2D eigenvalue weighted by atomic mass is 15.2. The summed E-state index contributed by atoms with van der Waals surface area (Å²) in [7, 11) is 0. The summed E-state index contributed by atoms with van der Waals surface area (Å²) in [6.07, 6.45) is 0. The lowest BCUT2D eigenvalue weighted by Crippen LogP contribution is -2.61. The van der Waals surface area contributed by atoms with Gasteiger partial charge in [-0.2, -0.15) is 0 Å². The van der Waals surface area contributed by atoms with Crippen molar-refractivity contribution in [2.45, 2.75) is 52.4 Å². The second-order valence-corrected chi connectivity index (χ2v) is 31.5. The monoisotopic (exact) mass is 1370 g/mol. The maximum absolute atomic E-state index is 2.71. The first kappa shape index (κ1) is 62.6. The van der Waals surface area contributed by atoms with E-state index in [0.29, 0.717) is 0 Å². The van der Waals surface area contributed by atoms with Gasteiger partial charge in [0.15, 0.2) is 0 Å². The van der Waals surface area contributed by atoms with E-state index < -0.39 is 0 Å². The fraction of sp³-hybridized carbons (Fsp3) is 0.0784.